The number of nitrogens with one attached hydrogen (secondary N) is 1. The molecule has 1 atom stereocenters. The molecule has 3 rings (SSSR count). The Morgan fingerprint density at radius 2 is 2.00 bits per heavy atom. The van der Waals surface area contributed by atoms with Crippen molar-refractivity contribution in [2.45, 2.75) is 26.9 Å². The number of hydrogen-bond acceptors (Lipinski definition) is 3. The van der Waals surface area contributed by atoms with Crippen molar-refractivity contribution in [2.75, 3.05) is 11.9 Å². The Bertz CT molecular complexity index is 971. The molecule has 0 bridgehead atoms. The van der Waals surface area contributed by atoms with Gasteiger partial charge < -0.3 is 4.90 Å². The van der Waals surface area contributed by atoms with Crippen LogP contribution in [0.5, 0.6) is 0 Å². The van der Waals surface area contributed by atoms with Gasteiger partial charge in [0.2, 0.25) is 5.91 Å². The maximum absolute atomic E-state index is 14.0. The monoisotopic (exact) mass is 418 g/mol. The summed E-state index contributed by atoms with van der Waals surface area (Å²) in [6.07, 6.45) is 0. The molecule has 0 radical (unpaired) electrons. The molecule has 1 heterocycles. The van der Waals surface area contributed by atoms with Crippen LogP contribution in [0, 0.1) is 12.7 Å². The lowest BCUT2D eigenvalue weighted by Crippen LogP contribution is -3.06. The van der Waals surface area contributed by atoms with E-state index in [0.29, 0.717) is 28.8 Å². The summed E-state index contributed by atoms with van der Waals surface area (Å²) in [5.74, 6) is -0.390. The van der Waals surface area contributed by atoms with Crippen LogP contribution in [0.3, 0.4) is 0 Å². The van der Waals surface area contributed by atoms with Crippen molar-refractivity contribution in [1.82, 2.24) is 4.98 Å². The van der Waals surface area contributed by atoms with Gasteiger partial charge >= 0.3 is 0 Å². The Labute approximate surface area is 173 Å². The molecule has 28 heavy (non-hydrogen) atoms. The summed E-state index contributed by atoms with van der Waals surface area (Å²) in [7, 11) is 1.96. The number of rotatable bonds is 6. The van der Waals surface area contributed by atoms with Crippen LogP contribution in [-0.2, 0) is 17.9 Å². The number of quaternary nitrogens is 1. The highest BCUT2D eigenvalue weighted by molar-refractivity contribution is 7.14. The first-order valence-corrected chi connectivity index (χ1v) is 10.2. The second kappa shape index (κ2) is 8.82. The van der Waals surface area contributed by atoms with Gasteiger partial charge in [0, 0.05) is 12.3 Å². The fourth-order valence-electron chi connectivity index (χ4n) is 3.05. The number of hydrogen-bond donors (Lipinski definition) is 1. The molecule has 0 aliphatic rings. The molecular formula is C21H22ClFN3OS+. The summed E-state index contributed by atoms with van der Waals surface area (Å²) in [6, 6.07) is 12.5. The zero-order chi connectivity index (χ0) is 20.3. The molecule has 1 amide bonds. The van der Waals surface area contributed by atoms with E-state index in [-0.39, 0.29) is 11.7 Å². The maximum atomic E-state index is 14.0. The fourth-order valence-corrected chi connectivity index (χ4v) is 4.17. The number of nitrogens with zero attached hydrogens (tertiary/aromatic N) is 2. The number of aromatic nitrogens is 1. The zero-order valence-electron chi connectivity index (χ0n) is 16.0. The van der Waals surface area contributed by atoms with Crippen molar-refractivity contribution in [2.24, 2.45) is 0 Å². The molecule has 1 aromatic heterocycles. The van der Waals surface area contributed by atoms with E-state index >= 15 is 0 Å². The van der Waals surface area contributed by atoms with E-state index in [2.05, 4.69) is 4.98 Å². The Hall–Kier alpha value is -2.28. The molecule has 0 aliphatic carbocycles. The first kappa shape index (κ1) is 20.5. The van der Waals surface area contributed by atoms with Gasteiger partial charge in [-0.1, -0.05) is 29.8 Å². The lowest BCUT2D eigenvalue weighted by molar-refractivity contribution is -0.908. The number of anilines is 2. The molecule has 4 nitrogen and oxygen atoms in total. The van der Waals surface area contributed by atoms with Gasteiger partial charge in [-0.3, -0.25) is 9.69 Å². The topological polar surface area (TPSA) is 37.6 Å². The number of halogens is 2. The van der Waals surface area contributed by atoms with Gasteiger partial charge in [0.1, 0.15) is 24.6 Å². The standard InChI is InChI=1S/C21H21ClFN3OS/c1-14-6-4-7-17(10-14)26(15(2)27)21-24-16(13-28-21)11-25(3)12-18-19(22)8-5-9-20(18)23/h4-10,13H,11-12H2,1-3H3/p+1. The summed E-state index contributed by atoms with van der Waals surface area (Å²) in [6.45, 7) is 4.57. The quantitative estimate of drug-likeness (QED) is 0.653. The van der Waals surface area contributed by atoms with E-state index < -0.39 is 0 Å². The molecule has 0 saturated heterocycles. The average Bonchev–Trinajstić information content (AvgIpc) is 3.06. The van der Waals surface area contributed by atoms with E-state index in [1.807, 2.05) is 43.6 Å². The SMILES string of the molecule is CC(=O)N(c1cccc(C)c1)c1nc(C[NH+](C)Cc2c(F)cccc2Cl)cs1. The minimum Gasteiger partial charge on any atom is -0.328 e. The average molecular weight is 419 g/mol. The second-order valence-corrected chi connectivity index (χ2v) is 8.07. The van der Waals surface area contributed by atoms with Crippen LogP contribution in [0.25, 0.3) is 0 Å². The van der Waals surface area contributed by atoms with Crippen molar-refractivity contribution in [3.63, 3.8) is 0 Å². The first-order valence-electron chi connectivity index (χ1n) is 8.91. The van der Waals surface area contributed by atoms with Crippen LogP contribution < -0.4 is 9.80 Å². The third-order valence-corrected chi connectivity index (χ3v) is 5.56. The van der Waals surface area contributed by atoms with Crippen molar-refractivity contribution in [1.29, 1.82) is 0 Å². The number of carbonyl (C=O) groups is 1. The van der Waals surface area contributed by atoms with Crippen LogP contribution in [0.15, 0.2) is 47.8 Å². The molecule has 7 heteroatoms. The summed E-state index contributed by atoms with van der Waals surface area (Å²) >= 11 is 7.55. The third kappa shape index (κ3) is 4.76. The highest BCUT2D eigenvalue weighted by Gasteiger charge is 2.20. The smallest absolute Gasteiger partial charge is 0.230 e. The maximum Gasteiger partial charge on any atom is 0.230 e. The zero-order valence-corrected chi connectivity index (χ0v) is 17.6. The normalized spacial score (nSPS) is 12.0. The van der Waals surface area contributed by atoms with E-state index in [1.165, 1.54) is 24.3 Å². The van der Waals surface area contributed by atoms with Crippen LogP contribution in [0.4, 0.5) is 15.2 Å². The number of carbonyl (C=O) groups excluding carboxylic acids is 1. The van der Waals surface area contributed by atoms with Gasteiger partial charge in [-0.25, -0.2) is 9.37 Å². The summed E-state index contributed by atoms with van der Waals surface area (Å²) < 4.78 is 14.0. The lowest BCUT2D eigenvalue weighted by Gasteiger charge is -2.18. The van der Waals surface area contributed by atoms with E-state index in [4.69, 9.17) is 11.6 Å². The summed E-state index contributed by atoms with van der Waals surface area (Å²) in [5.41, 5.74) is 3.23. The number of thiazole rings is 1. The Kier molecular flexibility index (Phi) is 6.44. The van der Waals surface area contributed by atoms with Crippen LogP contribution >= 0.6 is 22.9 Å². The molecule has 0 saturated carbocycles. The summed E-state index contributed by atoms with van der Waals surface area (Å²) in [4.78, 5) is 19.5. The van der Waals surface area contributed by atoms with Gasteiger partial charge in [0.25, 0.3) is 0 Å². The number of amides is 1. The molecule has 146 valence electrons. The molecule has 1 N–H and O–H groups in total. The van der Waals surface area contributed by atoms with E-state index in [1.54, 1.807) is 17.0 Å². The largest absolute Gasteiger partial charge is 0.328 e. The third-order valence-electron chi connectivity index (χ3n) is 4.33. The van der Waals surface area contributed by atoms with E-state index in [0.717, 1.165) is 21.8 Å². The Morgan fingerprint density at radius 1 is 1.25 bits per heavy atom. The van der Waals surface area contributed by atoms with Crippen molar-refractivity contribution >= 4 is 39.7 Å². The summed E-state index contributed by atoms with van der Waals surface area (Å²) in [5, 5.41) is 3.00. The lowest BCUT2D eigenvalue weighted by atomic mass is 10.2. The van der Waals surface area contributed by atoms with Crippen LogP contribution in [0.2, 0.25) is 5.02 Å². The number of aryl methyl sites for hydroxylation is 1. The second-order valence-electron chi connectivity index (χ2n) is 6.83. The molecule has 0 spiro atoms. The predicted octanol–water partition coefficient (Wildman–Crippen LogP) is 4.14. The van der Waals surface area contributed by atoms with Crippen LogP contribution in [0.1, 0.15) is 23.7 Å². The van der Waals surface area contributed by atoms with Gasteiger partial charge in [0.15, 0.2) is 5.13 Å². The van der Waals surface area contributed by atoms with E-state index in [9.17, 15) is 9.18 Å². The molecule has 1 unspecified atom stereocenters. The van der Waals surface area contributed by atoms with Gasteiger partial charge in [-0.2, -0.15) is 0 Å². The first-order chi connectivity index (χ1) is 13.3. The molecule has 0 fully saturated rings. The van der Waals surface area contributed by atoms with Gasteiger partial charge in [-0.05, 0) is 36.8 Å². The van der Waals surface area contributed by atoms with Crippen molar-refractivity contribution in [3.05, 3.63) is 75.5 Å². The molecule has 2 aromatic carbocycles. The molecule has 3 aromatic rings. The Morgan fingerprint density at radius 3 is 2.68 bits per heavy atom. The Balaban J connectivity index is 1.76. The van der Waals surface area contributed by atoms with Crippen molar-refractivity contribution in [3.8, 4) is 0 Å². The highest BCUT2D eigenvalue weighted by atomic mass is 35.5. The molecular weight excluding hydrogens is 397 g/mol. The van der Waals surface area contributed by atoms with Gasteiger partial charge in [0.05, 0.1) is 23.3 Å². The minimum absolute atomic E-state index is 0.0923. The minimum atomic E-state index is -0.298. The van der Waals surface area contributed by atoms with Crippen LogP contribution in [-0.4, -0.2) is 17.9 Å². The van der Waals surface area contributed by atoms with Crippen molar-refractivity contribution < 1.29 is 14.1 Å². The van der Waals surface area contributed by atoms with Gasteiger partial charge in [-0.15, -0.1) is 11.3 Å². The predicted molar refractivity (Wildman–Crippen MR) is 112 cm³/mol. The number of benzene rings is 2. The highest BCUT2D eigenvalue weighted by Crippen LogP contribution is 2.29. The molecule has 0 aliphatic heterocycles. The fraction of sp³-hybridized carbons (Fsp3) is 0.238.